The van der Waals surface area contributed by atoms with Crippen molar-refractivity contribution in [2.24, 2.45) is 0 Å². The number of alkyl halides is 3. The second-order valence-corrected chi connectivity index (χ2v) is 6.89. The van der Waals surface area contributed by atoms with E-state index in [0.717, 1.165) is 12.6 Å². The fourth-order valence-corrected chi connectivity index (χ4v) is 2.77. The lowest BCUT2D eigenvalue weighted by Gasteiger charge is -2.26. The lowest BCUT2D eigenvalue weighted by Crippen LogP contribution is -2.43. The van der Waals surface area contributed by atoms with Gasteiger partial charge in [0, 0.05) is 12.1 Å². The first-order valence-electron chi connectivity index (χ1n) is 9.65. The summed E-state index contributed by atoms with van der Waals surface area (Å²) in [7, 11) is 2.37. The van der Waals surface area contributed by atoms with Crippen LogP contribution in [0.1, 0.15) is 12.8 Å². The third-order valence-electron chi connectivity index (χ3n) is 4.46. The maximum absolute atomic E-state index is 13.0. The molecule has 2 aromatic rings. The minimum absolute atomic E-state index is 0.0703. The lowest BCUT2D eigenvalue weighted by atomic mass is 10.0. The van der Waals surface area contributed by atoms with Gasteiger partial charge in [-0.05, 0) is 30.8 Å². The van der Waals surface area contributed by atoms with E-state index < -0.39 is 43.7 Å². The van der Waals surface area contributed by atoms with E-state index >= 15 is 0 Å². The van der Waals surface area contributed by atoms with Gasteiger partial charge in [-0.25, -0.2) is 4.90 Å². The molecule has 1 N–H and O–H groups in total. The van der Waals surface area contributed by atoms with E-state index in [9.17, 15) is 22.8 Å². The zero-order valence-electron chi connectivity index (χ0n) is 17.6. The van der Waals surface area contributed by atoms with Crippen LogP contribution in [0, 0.1) is 0 Å². The van der Waals surface area contributed by atoms with Crippen molar-refractivity contribution in [2.45, 2.75) is 25.2 Å². The molecule has 0 heterocycles. The summed E-state index contributed by atoms with van der Waals surface area (Å²) in [4.78, 5) is 22.6. The van der Waals surface area contributed by atoms with Crippen molar-refractivity contribution in [3.8, 4) is 22.6 Å². The Morgan fingerprint density at radius 3 is 2.31 bits per heavy atom. The molecule has 0 amide bonds. The summed E-state index contributed by atoms with van der Waals surface area (Å²) in [6, 6.07) is 14.1. The fraction of sp³-hybridized carbons (Fsp3) is 0.364. The van der Waals surface area contributed by atoms with Gasteiger partial charge < -0.3 is 19.3 Å². The molecule has 10 heteroatoms. The number of hydrogen-bond donors (Lipinski definition) is 1. The molecule has 0 aliphatic heterocycles. The maximum Gasteiger partial charge on any atom is 0.459 e. The zero-order valence-corrected chi connectivity index (χ0v) is 17.6. The van der Waals surface area contributed by atoms with Gasteiger partial charge in [0.05, 0.1) is 20.0 Å². The number of carbonyl (C=O) groups is 2. The first-order valence-corrected chi connectivity index (χ1v) is 9.65. The number of ether oxygens (including phenoxy) is 3. The van der Waals surface area contributed by atoms with E-state index in [2.05, 4.69) is 0 Å². The van der Waals surface area contributed by atoms with Crippen LogP contribution >= 0.6 is 0 Å². The number of nitrogens with zero attached hydrogens (tertiary/aromatic N) is 1. The molecule has 0 spiro atoms. The minimum Gasteiger partial charge on any atom is -0.497 e. The molecule has 0 radical (unpaired) electrons. The number of carboxylic acids is 1. The predicted molar refractivity (Wildman–Crippen MR) is 109 cm³/mol. The van der Waals surface area contributed by atoms with Crippen LogP contribution in [0.5, 0.6) is 11.5 Å². The van der Waals surface area contributed by atoms with E-state index in [4.69, 9.17) is 19.3 Å². The summed E-state index contributed by atoms with van der Waals surface area (Å²) in [6.07, 6.45) is -6.84. The number of carboxylic acid groups (broad SMARTS) is 1. The average molecular weight is 455 g/mol. The summed E-state index contributed by atoms with van der Waals surface area (Å²) in [5.74, 6) is -1.08. The predicted octanol–water partition coefficient (Wildman–Crippen LogP) is 3.97. The van der Waals surface area contributed by atoms with Crippen LogP contribution in [0.4, 0.5) is 13.2 Å². The molecule has 0 saturated heterocycles. The Morgan fingerprint density at radius 1 is 1.06 bits per heavy atom. The monoisotopic (exact) mass is 455 g/mol. The normalized spacial score (nSPS) is 12.3. The third kappa shape index (κ3) is 7.77. The fourth-order valence-electron chi connectivity index (χ4n) is 2.77. The number of methoxy groups -OCH3 is 1. The molecule has 2 rings (SSSR count). The van der Waals surface area contributed by atoms with Crippen LogP contribution in [0.15, 0.2) is 48.5 Å². The number of carbonyl (C=O) groups excluding carboxylic acids is 1. The Kier molecular flexibility index (Phi) is 8.89. The van der Waals surface area contributed by atoms with Gasteiger partial charge in [-0.2, -0.15) is 13.2 Å². The van der Waals surface area contributed by atoms with E-state index in [-0.39, 0.29) is 11.5 Å². The Morgan fingerprint density at radius 2 is 1.72 bits per heavy atom. The van der Waals surface area contributed by atoms with Crippen LogP contribution in [0.25, 0.3) is 11.1 Å². The zero-order chi connectivity index (χ0) is 23.7. The molecule has 0 bridgehead atoms. The van der Waals surface area contributed by atoms with Crippen molar-refractivity contribution in [1.29, 1.82) is 0 Å². The van der Waals surface area contributed by atoms with E-state index in [1.54, 1.807) is 43.5 Å². The molecule has 2 aromatic carbocycles. The largest absolute Gasteiger partial charge is 0.497 e. The van der Waals surface area contributed by atoms with Crippen molar-refractivity contribution in [3.63, 3.8) is 0 Å². The molecular formula is C22H24F3NO6. The Balaban J connectivity index is 2.15. The summed E-state index contributed by atoms with van der Waals surface area (Å²) < 4.78 is 54.9. The van der Waals surface area contributed by atoms with Crippen molar-refractivity contribution < 1.29 is 42.1 Å². The van der Waals surface area contributed by atoms with E-state index in [0.29, 0.717) is 17.1 Å². The number of para-hydroxylation sites is 1. The lowest BCUT2D eigenvalue weighted by molar-refractivity contribution is -0.243. The molecule has 7 nitrogen and oxygen atoms in total. The quantitative estimate of drug-likeness (QED) is 0.405. The molecule has 32 heavy (non-hydrogen) atoms. The maximum atomic E-state index is 13.0. The number of hydrogen-bond acceptors (Lipinski definition) is 6. The van der Waals surface area contributed by atoms with Crippen molar-refractivity contribution >= 4 is 11.9 Å². The third-order valence-corrected chi connectivity index (χ3v) is 4.46. The number of likely N-dealkylation sites (N-methyl/N-ethyl adjacent to an activating group) is 1. The Labute approximate surface area is 183 Å². The summed E-state index contributed by atoms with van der Waals surface area (Å²) in [5.41, 5.74) is 1.49. The first-order chi connectivity index (χ1) is 15.1. The van der Waals surface area contributed by atoms with Gasteiger partial charge in [-0.1, -0.05) is 30.3 Å². The SMILES string of the molecule is COc1ccc(-c2ccccc2OCC(CN(C)C(F)(F)F)OC(=O)CCC(=O)O)cc1. The molecule has 174 valence electrons. The van der Waals surface area contributed by atoms with Crippen LogP contribution in [0.3, 0.4) is 0 Å². The number of rotatable bonds is 11. The highest BCUT2D eigenvalue weighted by Crippen LogP contribution is 2.31. The van der Waals surface area contributed by atoms with E-state index in [1.807, 2.05) is 12.1 Å². The second kappa shape index (κ2) is 11.4. The Bertz CT molecular complexity index is 901. The number of aliphatic carboxylic acids is 1. The summed E-state index contributed by atoms with van der Waals surface area (Å²) in [6.45, 7) is -1.03. The highest BCUT2D eigenvalue weighted by Gasteiger charge is 2.36. The Hall–Kier alpha value is -3.27. The standard InChI is InChI=1S/C22H24F3NO6/c1-26(22(23,24)25)13-17(32-21(29)12-11-20(27)28)14-31-19-6-4-3-5-18(19)15-7-9-16(30-2)10-8-15/h3-10,17H,11-14H2,1-2H3,(H,27,28). The average Bonchev–Trinajstić information content (AvgIpc) is 2.75. The van der Waals surface area contributed by atoms with Gasteiger partial charge in [0.2, 0.25) is 0 Å². The van der Waals surface area contributed by atoms with Gasteiger partial charge in [0.1, 0.15) is 24.2 Å². The van der Waals surface area contributed by atoms with Crippen LogP contribution in [-0.2, 0) is 14.3 Å². The van der Waals surface area contributed by atoms with Crippen LogP contribution in [0.2, 0.25) is 0 Å². The highest BCUT2D eigenvalue weighted by molar-refractivity contribution is 5.76. The van der Waals surface area contributed by atoms with Gasteiger partial charge >= 0.3 is 18.2 Å². The number of halogens is 3. The topological polar surface area (TPSA) is 85.3 Å². The van der Waals surface area contributed by atoms with Crippen molar-refractivity contribution in [1.82, 2.24) is 4.90 Å². The van der Waals surface area contributed by atoms with Gasteiger partial charge in [-0.3, -0.25) is 9.59 Å². The highest BCUT2D eigenvalue weighted by atomic mass is 19.4. The van der Waals surface area contributed by atoms with Gasteiger partial charge in [0.25, 0.3) is 0 Å². The number of esters is 1. The van der Waals surface area contributed by atoms with E-state index in [1.165, 1.54) is 0 Å². The molecule has 0 saturated carbocycles. The molecule has 1 unspecified atom stereocenters. The molecule has 0 aliphatic rings. The molecule has 0 fully saturated rings. The van der Waals surface area contributed by atoms with Gasteiger partial charge in [-0.15, -0.1) is 0 Å². The molecule has 1 atom stereocenters. The smallest absolute Gasteiger partial charge is 0.459 e. The first kappa shape index (κ1) is 25.0. The van der Waals surface area contributed by atoms with Gasteiger partial charge in [0.15, 0.2) is 0 Å². The van der Waals surface area contributed by atoms with Crippen LogP contribution in [-0.4, -0.2) is 61.7 Å². The van der Waals surface area contributed by atoms with Crippen molar-refractivity contribution in [3.05, 3.63) is 48.5 Å². The molecule has 0 aromatic heterocycles. The number of benzene rings is 2. The molecule has 0 aliphatic carbocycles. The minimum atomic E-state index is -4.63. The van der Waals surface area contributed by atoms with Crippen molar-refractivity contribution in [2.75, 3.05) is 27.3 Å². The van der Waals surface area contributed by atoms with Crippen LogP contribution < -0.4 is 9.47 Å². The summed E-state index contributed by atoms with van der Waals surface area (Å²) in [5, 5.41) is 8.68. The molecular weight excluding hydrogens is 431 g/mol. The second-order valence-electron chi connectivity index (χ2n) is 6.89. The summed E-state index contributed by atoms with van der Waals surface area (Å²) >= 11 is 0.